The van der Waals surface area contributed by atoms with Gasteiger partial charge >= 0.3 is 12.1 Å². The molecule has 0 spiro atoms. The van der Waals surface area contributed by atoms with Gasteiger partial charge < -0.3 is 19.7 Å². The third kappa shape index (κ3) is 6.56. The maximum atomic E-state index is 12.2. The summed E-state index contributed by atoms with van der Waals surface area (Å²) < 4.78 is 10.2. The Labute approximate surface area is 184 Å². The molecule has 1 heterocycles. The summed E-state index contributed by atoms with van der Waals surface area (Å²) in [5.41, 5.74) is 3.46. The van der Waals surface area contributed by atoms with Crippen LogP contribution in [0.2, 0.25) is 0 Å². The molecule has 1 saturated heterocycles. The quantitative estimate of drug-likeness (QED) is 0.709. The van der Waals surface area contributed by atoms with Gasteiger partial charge in [0.15, 0.2) is 0 Å². The number of carbonyl (C=O) groups is 2. The van der Waals surface area contributed by atoms with Crippen molar-refractivity contribution in [1.29, 1.82) is 0 Å². The first-order valence-electron chi connectivity index (χ1n) is 10.7. The molecule has 0 aliphatic carbocycles. The monoisotopic (exact) mass is 424 g/mol. The van der Waals surface area contributed by atoms with Crippen LogP contribution < -0.4 is 5.32 Å². The van der Waals surface area contributed by atoms with E-state index in [1.807, 2.05) is 32.9 Å². The van der Waals surface area contributed by atoms with Gasteiger partial charge in [-0.15, -0.1) is 0 Å². The Bertz CT molecular complexity index is 877. The molecule has 1 amide bonds. The lowest BCUT2D eigenvalue weighted by Gasteiger charge is -2.33. The van der Waals surface area contributed by atoms with Gasteiger partial charge in [-0.05, 0) is 62.4 Å². The highest BCUT2D eigenvalue weighted by molar-refractivity contribution is 5.89. The molecule has 166 valence electrons. The molecule has 1 aliphatic heterocycles. The van der Waals surface area contributed by atoms with Crippen molar-refractivity contribution in [3.63, 3.8) is 0 Å². The van der Waals surface area contributed by atoms with Crippen LogP contribution in [0.25, 0.3) is 11.1 Å². The number of esters is 1. The average molecular weight is 425 g/mol. The van der Waals surface area contributed by atoms with Crippen molar-refractivity contribution in [2.75, 3.05) is 20.2 Å². The maximum Gasteiger partial charge on any atom is 0.410 e. The number of nitrogens with one attached hydrogen (secondary N) is 1. The van der Waals surface area contributed by atoms with Crippen LogP contribution in [-0.4, -0.2) is 48.8 Å². The lowest BCUT2D eigenvalue weighted by molar-refractivity contribution is 0.0198. The zero-order valence-corrected chi connectivity index (χ0v) is 18.8. The van der Waals surface area contributed by atoms with E-state index in [-0.39, 0.29) is 12.1 Å². The minimum Gasteiger partial charge on any atom is -0.465 e. The van der Waals surface area contributed by atoms with Gasteiger partial charge in [-0.3, -0.25) is 0 Å². The molecule has 31 heavy (non-hydrogen) atoms. The van der Waals surface area contributed by atoms with Crippen LogP contribution in [0.3, 0.4) is 0 Å². The van der Waals surface area contributed by atoms with E-state index in [9.17, 15) is 9.59 Å². The molecule has 6 nitrogen and oxygen atoms in total. The zero-order chi connectivity index (χ0) is 22.4. The number of piperidine rings is 1. The molecular formula is C25H32N2O4. The highest BCUT2D eigenvalue weighted by Crippen LogP contribution is 2.21. The van der Waals surface area contributed by atoms with E-state index in [0.717, 1.165) is 30.5 Å². The van der Waals surface area contributed by atoms with Crippen LogP contribution in [0.5, 0.6) is 0 Å². The van der Waals surface area contributed by atoms with Gasteiger partial charge in [0.05, 0.1) is 12.7 Å². The van der Waals surface area contributed by atoms with E-state index < -0.39 is 5.60 Å². The highest BCUT2D eigenvalue weighted by Gasteiger charge is 2.26. The molecule has 0 bridgehead atoms. The Hall–Kier alpha value is -2.86. The molecule has 0 atom stereocenters. The number of methoxy groups -OCH3 is 1. The smallest absolute Gasteiger partial charge is 0.410 e. The van der Waals surface area contributed by atoms with Gasteiger partial charge in [-0.2, -0.15) is 0 Å². The Balaban J connectivity index is 1.47. The van der Waals surface area contributed by atoms with Crippen molar-refractivity contribution < 1.29 is 19.1 Å². The molecule has 1 aliphatic rings. The predicted molar refractivity (Wildman–Crippen MR) is 121 cm³/mol. The Morgan fingerprint density at radius 1 is 0.968 bits per heavy atom. The van der Waals surface area contributed by atoms with Crippen LogP contribution in [0.15, 0.2) is 48.5 Å². The van der Waals surface area contributed by atoms with Crippen LogP contribution >= 0.6 is 0 Å². The predicted octanol–water partition coefficient (Wildman–Crippen LogP) is 4.63. The summed E-state index contributed by atoms with van der Waals surface area (Å²) in [6.07, 6.45) is 1.62. The molecule has 2 aromatic rings. The number of benzene rings is 2. The minimum atomic E-state index is -0.457. The Kier molecular flexibility index (Phi) is 7.33. The van der Waals surface area contributed by atoms with Gasteiger partial charge in [-0.25, -0.2) is 9.59 Å². The first-order valence-corrected chi connectivity index (χ1v) is 10.7. The molecule has 3 rings (SSSR count). The van der Waals surface area contributed by atoms with Crippen molar-refractivity contribution in [1.82, 2.24) is 10.2 Å². The molecule has 2 aromatic carbocycles. The maximum absolute atomic E-state index is 12.2. The van der Waals surface area contributed by atoms with Gasteiger partial charge in [0, 0.05) is 25.7 Å². The van der Waals surface area contributed by atoms with E-state index >= 15 is 0 Å². The molecule has 0 saturated carbocycles. The van der Waals surface area contributed by atoms with E-state index in [4.69, 9.17) is 9.47 Å². The van der Waals surface area contributed by atoms with Crippen LogP contribution in [-0.2, 0) is 16.0 Å². The molecular weight excluding hydrogens is 392 g/mol. The van der Waals surface area contributed by atoms with Crippen molar-refractivity contribution >= 4 is 12.1 Å². The average Bonchev–Trinajstić information content (AvgIpc) is 2.77. The van der Waals surface area contributed by atoms with E-state index in [2.05, 4.69) is 29.6 Å². The van der Waals surface area contributed by atoms with Gasteiger partial charge in [-0.1, -0.05) is 36.4 Å². The van der Waals surface area contributed by atoms with E-state index in [1.165, 1.54) is 12.7 Å². The summed E-state index contributed by atoms with van der Waals surface area (Å²) in [6.45, 7) is 7.89. The largest absolute Gasteiger partial charge is 0.465 e. The summed E-state index contributed by atoms with van der Waals surface area (Å²) in [6, 6.07) is 16.2. The molecule has 0 aromatic heterocycles. The van der Waals surface area contributed by atoms with E-state index in [1.54, 1.807) is 17.0 Å². The Morgan fingerprint density at radius 2 is 1.52 bits per heavy atom. The third-order valence-electron chi connectivity index (χ3n) is 5.33. The molecule has 1 fully saturated rings. The fourth-order valence-corrected chi connectivity index (χ4v) is 3.59. The van der Waals surface area contributed by atoms with Gasteiger partial charge in [0.25, 0.3) is 0 Å². The second-order valence-electron chi connectivity index (χ2n) is 8.89. The number of carbonyl (C=O) groups excluding carboxylic acids is 2. The Morgan fingerprint density at radius 3 is 2.03 bits per heavy atom. The van der Waals surface area contributed by atoms with Crippen molar-refractivity contribution in [3.8, 4) is 11.1 Å². The number of likely N-dealkylation sites (tertiary alicyclic amines) is 1. The summed E-state index contributed by atoms with van der Waals surface area (Å²) >= 11 is 0. The van der Waals surface area contributed by atoms with Gasteiger partial charge in [0.2, 0.25) is 0 Å². The number of hydrogen-bond acceptors (Lipinski definition) is 5. The summed E-state index contributed by atoms with van der Waals surface area (Å²) in [4.78, 5) is 25.5. The van der Waals surface area contributed by atoms with Crippen LogP contribution in [0, 0.1) is 0 Å². The van der Waals surface area contributed by atoms with Crippen LogP contribution in [0.4, 0.5) is 4.79 Å². The summed E-state index contributed by atoms with van der Waals surface area (Å²) in [5, 5.41) is 3.60. The lowest BCUT2D eigenvalue weighted by Crippen LogP contribution is -2.46. The fraction of sp³-hybridized carbons (Fsp3) is 0.440. The zero-order valence-electron chi connectivity index (χ0n) is 18.8. The first kappa shape index (κ1) is 22.8. The fourth-order valence-electron chi connectivity index (χ4n) is 3.59. The first-order chi connectivity index (χ1) is 14.7. The molecule has 1 N–H and O–H groups in total. The molecule has 0 unspecified atom stereocenters. The third-order valence-corrected chi connectivity index (χ3v) is 5.33. The number of rotatable bonds is 5. The molecule has 6 heteroatoms. The number of amides is 1. The normalized spacial score (nSPS) is 14.9. The van der Waals surface area contributed by atoms with Crippen LogP contribution in [0.1, 0.15) is 49.5 Å². The van der Waals surface area contributed by atoms with Crippen molar-refractivity contribution in [2.45, 2.75) is 51.8 Å². The number of hydrogen-bond donors (Lipinski definition) is 1. The SMILES string of the molecule is COC(=O)c1ccc(-c2ccc(CNC3CCN(C(=O)OC(C)(C)C)CC3)cc2)cc1. The van der Waals surface area contributed by atoms with E-state index in [0.29, 0.717) is 24.7 Å². The summed E-state index contributed by atoms with van der Waals surface area (Å²) in [5.74, 6) is -0.329. The second-order valence-corrected chi connectivity index (χ2v) is 8.89. The lowest BCUT2D eigenvalue weighted by atomic mass is 10.0. The topological polar surface area (TPSA) is 67.9 Å². The summed E-state index contributed by atoms with van der Waals surface area (Å²) in [7, 11) is 1.38. The second kappa shape index (κ2) is 9.96. The van der Waals surface area contributed by atoms with Gasteiger partial charge in [0.1, 0.15) is 5.60 Å². The standard InChI is InChI=1S/C25H32N2O4/c1-25(2,3)31-24(29)27-15-13-22(14-16-27)26-17-18-5-7-19(8-6-18)20-9-11-21(12-10-20)23(28)30-4/h5-12,22,26H,13-17H2,1-4H3. The molecule has 0 radical (unpaired) electrons. The number of ether oxygens (including phenoxy) is 2. The highest BCUT2D eigenvalue weighted by atomic mass is 16.6. The number of nitrogens with zero attached hydrogens (tertiary/aromatic N) is 1. The minimum absolute atomic E-state index is 0.221. The van der Waals surface area contributed by atoms with Crippen molar-refractivity contribution in [3.05, 3.63) is 59.7 Å². The van der Waals surface area contributed by atoms with Crippen molar-refractivity contribution in [2.24, 2.45) is 0 Å².